The summed E-state index contributed by atoms with van der Waals surface area (Å²) in [6.45, 7) is 0. The first-order valence-electron chi connectivity index (χ1n) is 18.8. The van der Waals surface area contributed by atoms with Crippen LogP contribution in [-0.4, -0.2) is 9.97 Å². The molecule has 56 heavy (non-hydrogen) atoms. The fourth-order valence-corrected chi connectivity index (χ4v) is 9.03. The molecule has 8 aromatic carbocycles. The monoisotopic (exact) mass is 732 g/mol. The van der Waals surface area contributed by atoms with E-state index < -0.39 is 0 Å². The van der Waals surface area contributed by atoms with E-state index in [-0.39, 0.29) is 0 Å². The van der Waals surface area contributed by atoms with Crippen molar-refractivity contribution in [2.45, 2.75) is 0 Å². The first kappa shape index (κ1) is 32.3. The lowest BCUT2D eigenvalue weighted by molar-refractivity contribution is 0.669. The quantitative estimate of drug-likeness (QED) is 0.171. The summed E-state index contributed by atoms with van der Waals surface area (Å²) in [4.78, 5) is 10.6. The second-order valence-electron chi connectivity index (χ2n) is 14.2. The van der Waals surface area contributed by atoms with Crippen molar-refractivity contribution in [1.82, 2.24) is 9.97 Å². The molecule has 0 saturated carbocycles. The molecule has 11 rings (SSSR count). The van der Waals surface area contributed by atoms with Crippen molar-refractivity contribution in [2.24, 2.45) is 0 Å². The second kappa shape index (κ2) is 13.3. The third-order valence-corrected chi connectivity index (χ3v) is 11.8. The highest BCUT2D eigenvalue weighted by Gasteiger charge is 2.17. The number of thiophene rings is 1. The Kier molecular flexibility index (Phi) is 7.68. The molecule has 0 spiro atoms. The van der Waals surface area contributed by atoms with Gasteiger partial charge in [0.15, 0.2) is 5.82 Å². The highest BCUT2D eigenvalue weighted by atomic mass is 32.1. The van der Waals surface area contributed by atoms with E-state index in [1.807, 2.05) is 41.7 Å². The zero-order chi connectivity index (χ0) is 37.0. The highest BCUT2D eigenvalue weighted by molar-refractivity contribution is 7.25. The van der Waals surface area contributed by atoms with Crippen LogP contribution in [0.1, 0.15) is 0 Å². The molecular formula is C52H32N2OS. The van der Waals surface area contributed by atoms with Crippen LogP contribution in [0.3, 0.4) is 0 Å². The van der Waals surface area contributed by atoms with E-state index in [1.165, 1.54) is 25.7 Å². The van der Waals surface area contributed by atoms with Crippen molar-refractivity contribution in [3.05, 3.63) is 194 Å². The smallest absolute Gasteiger partial charge is 0.160 e. The summed E-state index contributed by atoms with van der Waals surface area (Å²) in [7, 11) is 0. The van der Waals surface area contributed by atoms with Crippen LogP contribution in [0.5, 0.6) is 0 Å². The number of benzene rings is 8. The maximum absolute atomic E-state index is 6.32. The molecule has 0 aliphatic rings. The molecule has 0 N–H and O–H groups in total. The Hall–Kier alpha value is -7.14. The van der Waals surface area contributed by atoms with Crippen molar-refractivity contribution in [3.63, 3.8) is 0 Å². The number of aromatic nitrogens is 2. The Balaban J connectivity index is 1.11. The fraction of sp³-hybridized carbons (Fsp3) is 0. The lowest BCUT2D eigenvalue weighted by Crippen LogP contribution is -1.97. The summed E-state index contributed by atoms with van der Waals surface area (Å²) >= 11 is 1.84. The predicted molar refractivity (Wildman–Crippen MR) is 235 cm³/mol. The molecule has 0 amide bonds. The second-order valence-corrected chi connectivity index (χ2v) is 15.2. The SMILES string of the molecule is c1ccc(-c2cc(-c3ccc4sc5ccccc5c4c3)cc(-c3cc(-c4ccccc4-c4ccc5c(c4)oc4ccccc45)nc(-c4ccccc4)n3)c2)cc1. The van der Waals surface area contributed by atoms with Gasteiger partial charge in [0.05, 0.1) is 11.4 Å². The van der Waals surface area contributed by atoms with Crippen molar-refractivity contribution >= 4 is 53.4 Å². The molecule has 0 saturated heterocycles. The van der Waals surface area contributed by atoms with Gasteiger partial charge in [-0.05, 0) is 94.0 Å². The summed E-state index contributed by atoms with van der Waals surface area (Å²) in [5.74, 6) is 0.679. The molecule has 0 bridgehead atoms. The van der Waals surface area contributed by atoms with Crippen LogP contribution in [0.15, 0.2) is 199 Å². The van der Waals surface area contributed by atoms with Gasteiger partial charge in [-0.15, -0.1) is 11.3 Å². The van der Waals surface area contributed by atoms with E-state index in [1.54, 1.807) is 0 Å². The van der Waals surface area contributed by atoms with Crippen molar-refractivity contribution < 1.29 is 4.42 Å². The molecule has 0 fully saturated rings. The number of hydrogen-bond donors (Lipinski definition) is 0. The third-order valence-electron chi connectivity index (χ3n) is 10.7. The van der Waals surface area contributed by atoms with Gasteiger partial charge in [-0.25, -0.2) is 9.97 Å². The third kappa shape index (κ3) is 5.67. The highest BCUT2D eigenvalue weighted by Crippen LogP contribution is 2.41. The van der Waals surface area contributed by atoms with Crippen molar-refractivity contribution in [1.29, 1.82) is 0 Å². The minimum Gasteiger partial charge on any atom is -0.456 e. The Morgan fingerprint density at radius 3 is 1.77 bits per heavy atom. The molecule has 3 nitrogen and oxygen atoms in total. The maximum atomic E-state index is 6.32. The summed E-state index contributed by atoms with van der Waals surface area (Å²) in [6, 6.07) is 68.6. The number of furan rings is 1. The number of para-hydroxylation sites is 1. The van der Waals surface area contributed by atoms with Crippen LogP contribution in [0.2, 0.25) is 0 Å². The van der Waals surface area contributed by atoms with Gasteiger partial charge in [-0.3, -0.25) is 0 Å². The molecule has 11 aromatic rings. The number of rotatable bonds is 6. The standard InChI is InChI=1S/C52H32N2OS/c1-3-13-33(14-4-1)37-27-38(35-24-26-51-45(30-35)44-20-10-12-22-50(44)56-51)29-39(28-37)46-32-47(54-52(53-46)34-15-5-2-6-16-34)41-18-8-7-17-40(41)36-23-25-43-42-19-9-11-21-48(42)55-49(43)31-36/h1-32H. The van der Waals surface area contributed by atoms with E-state index in [0.29, 0.717) is 5.82 Å². The summed E-state index contributed by atoms with van der Waals surface area (Å²) in [5.41, 5.74) is 13.2. The van der Waals surface area contributed by atoms with Gasteiger partial charge in [0.25, 0.3) is 0 Å². The molecule has 262 valence electrons. The van der Waals surface area contributed by atoms with Crippen LogP contribution in [0.4, 0.5) is 0 Å². The molecule has 0 unspecified atom stereocenters. The summed E-state index contributed by atoms with van der Waals surface area (Å²) in [5, 5.41) is 4.80. The zero-order valence-corrected chi connectivity index (χ0v) is 31.0. The first-order valence-corrected chi connectivity index (χ1v) is 19.6. The Labute approximate surface area is 327 Å². The normalized spacial score (nSPS) is 11.6. The molecule has 3 aromatic heterocycles. The van der Waals surface area contributed by atoms with Gasteiger partial charge >= 0.3 is 0 Å². The Bertz CT molecular complexity index is 3250. The lowest BCUT2D eigenvalue weighted by Gasteiger charge is -2.15. The predicted octanol–water partition coefficient (Wildman–Crippen LogP) is 14.7. The van der Waals surface area contributed by atoms with Gasteiger partial charge in [0.1, 0.15) is 11.2 Å². The van der Waals surface area contributed by atoms with Crippen molar-refractivity contribution in [3.8, 4) is 67.3 Å². The first-order chi connectivity index (χ1) is 27.7. The Morgan fingerprint density at radius 1 is 0.321 bits per heavy atom. The minimum atomic E-state index is 0.679. The molecule has 0 aliphatic heterocycles. The van der Waals surface area contributed by atoms with E-state index in [9.17, 15) is 0 Å². The number of nitrogens with zero attached hydrogens (tertiary/aromatic N) is 2. The lowest BCUT2D eigenvalue weighted by atomic mass is 9.93. The molecule has 0 aliphatic carbocycles. The van der Waals surface area contributed by atoms with E-state index in [4.69, 9.17) is 14.4 Å². The zero-order valence-electron chi connectivity index (χ0n) is 30.2. The van der Waals surface area contributed by atoms with Crippen LogP contribution in [0.25, 0.3) is 109 Å². The van der Waals surface area contributed by atoms with Gasteiger partial charge in [-0.2, -0.15) is 0 Å². The van der Waals surface area contributed by atoms with Crippen LogP contribution in [0, 0.1) is 0 Å². The molecule has 0 radical (unpaired) electrons. The molecular weight excluding hydrogens is 701 g/mol. The maximum Gasteiger partial charge on any atom is 0.160 e. The van der Waals surface area contributed by atoms with Gasteiger partial charge < -0.3 is 4.42 Å². The largest absolute Gasteiger partial charge is 0.456 e. The van der Waals surface area contributed by atoms with Gasteiger partial charge in [0, 0.05) is 47.6 Å². The number of fused-ring (bicyclic) bond motifs is 6. The van der Waals surface area contributed by atoms with E-state index >= 15 is 0 Å². The molecule has 4 heteroatoms. The van der Waals surface area contributed by atoms with Crippen LogP contribution < -0.4 is 0 Å². The minimum absolute atomic E-state index is 0.679. The summed E-state index contributed by atoms with van der Waals surface area (Å²) in [6.07, 6.45) is 0. The average molecular weight is 733 g/mol. The van der Waals surface area contributed by atoms with Crippen LogP contribution >= 0.6 is 11.3 Å². The van der Waals surface area contributed by atoms with E-state index in [0.717, 1.165) is 77.8 Å². The topological polar surface area (TPSA) is 38.9 Å². The molecule has 0 atom stereocenters. The fourth-order valence-electron chi connectivity index (χ4n) is 7.95. The van der Waals surface area contributed by atoms with Gasteiger partial charge in [0.2, 0.25) is 0 Å². The van der Waals surface area contributed by atoms with Crippen LogP contribution in [-0.2, 0) is 0 Å². The van der Waals surface area contributed by atoms with Gasteiger partial charge in [-0.1, -0.05) is 133 Å². The average Bonchev–Trinajstić information content (AvgIpc) is 3.84. The van der Waals surface area contributed by atoms with Crippen molar-refractivity contribution in [2.75, 3.05) is 0 Å². The van der Waals surface area contributed by atoms with E-state index in [2.05, 4.69) is 164 Å². The summed E-state index contributed by atoms with van der Waals surface area (Å²) < 4.78 is 8.92. The Morgan fingerprint density at radius 2 is 0.929 bits per heavy atom. The number of hydrogen-bond acceptors (Lipinski definition) is 4. The molecule has 3 heterocycles.